The van der Waals surface area contributed by atoms with Gasteiger partial charge in [0.25, 0.3) is 0 Å². The quantitative estimate of drug-likeness (QED) is 0.471. The normalized spacial score (nSPS) is 15.4. The zero-order valence-electron chi connectivity index (χ0n) is 15.1. The summed E-state index contributed by atoms with van der Waals surface area (Å²) >= 11 is 0. The maximum absolute atomic E-state index is 4.18. The highest BCUT2D eigenvalue weighted by Crippen LogP contribution is 2.38. The summed E-state index contributed by atoms with van der Waals surface area (Å²) in [6.45, 7) is 12.4. The predicted octanol–water partition coefficient (Wildman–Crippen LogP) is 7.62. The van der Waals surface area contributed by atoms with Crippen LogP contribution in [0.2, 0.25) is 0 Å². The molecule has 1 fully saturated rings. The predicted molar refractivity (Wildman–Crippen MR) is 113 cm³/mol. The van der Waals surface area contributed by atoms with Gasteiger partial charge in [0.05, 0.1) is 0 Å². The van der Waals surface area contributed by atoms with E-state index in [1.807, 2.05) is 0 Å². The van der Waals surface area contributed by atoms with Crippen LogP contribution in [0, 0.1) is 12.8 Å². The van der Waals surface area contributed by atoms with Gasteiger partial charge in [-0.2, -0.15) is 0 Å². The van der Waals surface area contributed by atoms with Crippen molar-refractivity contribution in [1.29, 1.82) is 0 Å². The number of allylic oxidation sites excluding steroid dienone is 2. The highest BCUT2D eigenvalue weighted by Gasteiger charge is 2.17. The molecule has 0 saturated heterocycles. The Balaban J connectivity index is 0.000000214. The molecule has 0 amide bonds. The fourth-order valence-corrected chi connectivity index (χ4v) is 3.90. The van der Waals surface area contributed by atoms with Gasteiger partial charge < -0.3 is 0 Å². The molecule has 4 rings (SSSR count). The lowest BCUT2D eigenvalue weighted by molar-refractivity contribution is 0.645. The topological polar surface area (TPSA) is 0 Å². The van der Waals surface area contributed by atoms with Crippen molar-refractivity contribution < 1.29 is 0 Å². The minimum absolute atomic E-state index is 0. The van der Waals surface area contributed by atoms with E-state index < -0.39 is 0 Å². The van der Waals surface area contributed by atoms with Crippen molar-refractivity contribution in [3.8, 4) is 11.1 Å². The number of hydrogen-bond donors (Lipinski definition) is 0. The molecule has 0 bridgehead atoms. The second kappa shape index (κ2) is 8.34. The molecule has 0 aliphatic heterocycles. The minimum Gasteiger partial charge on any atom is -0.0999 e. The zero-order chi connectivity index (χ0) is 17.1. The largest absolute Gasteiger partial charge is 0.0999 e. The molecule has 2 aromatic rings. The van der Waals surface area contributed by atoms with E-state index in [4.69, 9.17) is 0 Å². The van der Waals surface area contributed by atoms with Crippen LogP contribution in [0.1, 0.15) is 56.7 Å². The molecule has 0 atom stereocenters. The van der Waals surface area contributed by atoms with E-state index >= 15 is 0 Å². The first-order chi connectivity index (χ1) is 11.6. The molecule has 2 aliphatic carbocycles. The summed E-state index contributed by atoms with van der Waals surface area (Å²) in [5, 5.41) is 0. The van der Waals surface area contributed by atoms with Gasteiger partial charge in [-0.3, -0.25) is 0 Å². The number of aryl methyl sites for hydroxylation is 1. The number of fused-ring (bicyclic) bond motifs is 3. The van der Waals surface area contributed by atoms with E-state index in [1.54, 1.807) is 0 Å². The van der Waals surface area contributed by atoms with Crippen molar-refractivity contribution in [2.45, 2.75) is 53.4 Å². The van der Waals surface area contributed by atoms with Gasteiger partial charge in [0, 0.05) is 0 Å². The van der Waals surface area contributed by atoms with Crippen molar-refractivity contribution in [3.05, 3.63) is 77.9 Å². The van der Waals surface area contributed by atoms with E-state index in [1.165, 1.54) is 64.6 Å². The van der Waals surface area contributed by atoms with Crippen LogP contribution in [-0.2, 0) is 6.42 Å². The maximum atomic E-state index is 4.18. The SMILES string of the molecule is C.C=C(C)C1CCCC1.C=C1Cc2cc(C)ccc2-c2ccccc21. The third-order valence-corrected chi connectivity index (χ3v) is 5.31. The summed E-state index contributed by atoms with van der Waals surface area (Å²) in [7, 11) is 0. The van der Waals surface area contributed by atoms with Crippen LogP contribution in [-0.4, -0.2) is 0 Å². The summed E-state index contributed by atoms with van der Waals surface area (Å²) in [6.07, 6.45) is 6.63. The lowest BCUT2D eigenvalue weighted by Gasteiger charge is -2.22. The molecule has 0 unspecified atom stereocenters. The summed E-state index contributed by atoms with van der Waals surface area (Å²) in [4.78, 5) is 0. The Labute approximate surface area is 154 Å². The van der Waals surface area contributed by atoms with Crippen LogP contribution in [0.3, 0.4) is 0 Å². The highest BCUT2D eigenvalue weighted by molar-refractivity contribution is 5.87. The van der Waals surface area contributed by atoms with Crippen LogP contribution in [0.4, 0.5) is 0 Å². The van der Waals surface area contributed by atoms with Gasteiger partial charge in [-0.05, 0) is 66.9 Å². The van der Waals surface area contributed by atoms with Crippen LogP contribution < -0.4 is 0 Å². The number of rotatable bonds is 1. The van der Waals surface area contributed by atoms with E-state index in [-0.39, 0.29) is 7.43 Å². The van der Waals surface area contributed by atoms with Crippen LogP contribution in [0.25, 0.3) is 16.7 Å². The molecule has 0 heterocycles. The zero-order valence-corrected chi connectivity index (χ0v) is 15.1. The summed E-state index contributed by atoms with van der Waals surface area (Å²) in [5.74, 6) is 0.870. The van der Waals surface area contributed by atoms with Crippen LogP contribution >= 0.6 is 0 Å². The first-order valence-corrected chi connectivity index (χ1v) is 9.08. The fourth-order valence-electron chi connectivity index (χ4n) is 3.90. The smallest absolute Gasteiger partial charge is 0.00192 e. The van der Waals surface area contributed by atoms with Gasteiger partial charge in [0.1, 0.15) is 0 Å². The summed E-state index contributed by atoms with van der Waals surface area (Å²) < 4.78 is 0. The number of hydrogen-bond acceptors (Lipinski definition) is 0. The Bertz CT molecular complexity index is 757. The monoisotopic (exact) mass is 332 g/mol. The number of benzene rings is 2. The van der Waals surface area contributed by atoms with Crippen LogP contribution in [0.15, 0.2) is 61.2 Å². The van der Waals surface area contributed by atoms with E-state index in [2.05, 4.69) is 69.5 Å². The lowest BCUT2D eigenvalue weighted by atomic mass is 9.82. The Morgan fingerprint density at radius 3 is 2.20 bits per heavy atom. The van der Waals surface area contributed by atoms with Crippen molar-refractivity contribution in [2.24, 2.45) is 5.92 Å². The second-order valence-electron chi connectivity index (χ2n) is 7.31. The van der Waals surface area contributed by atoms with E-state index in [0.29, 0.717) is 0 Å². The Morgan fingerprint density at radius 1 is 0.960 bits per heavy atom. The Morgan fingerprint density at radius 2 is 1.60 bits per heavy atom. The van der Waals surface area contributed by atoms with Gasteiger partial charge in [0.15, 0.2) is 0 Å². The average Bonchev–Trinajstić information content (AvgIpc) is 3.10. The molecule has 0 aromatic heterocycles. The van der Waals surface area contributed by atoms with Gasteiger partial charge in [0.2, 0.25) is 0 Å². The first-order valence-electron chi connectivity index (χ1n) is 9.08. The van der Waals surface area contributed by atoms with Crippen molar-refractivity contribution in [2.75, 3.05) is 0 Å². The van der Waals surface area contributed by atoms with Crippen molar-refractivity contribution in [1.82, 2.24) is 0 Å². The summed E-state index contributed by atoms with van der Waals surface area (Å²) in [6, 6.07) is 15.2. The van der Waals surface area contributed by atoms with Crippen LogP contribution in [0.5, 0.6) is 0 Å². The molecule has 0 spiro atoms. The third kappa shape index (κ3) is 4.31. The molecule has 132 valence electrons. The molecule has 0 heteroatoms. The minimum atomic E-state index is 0. The molecular weight excluding hydrogens is 300 g/mol. The molecule has 2 aliphatic rings. The van der Waals surface area contributed by atoms with Gasteiger partial charge in [-0.25, -0.2) is 0 Å². The van der Waals surface area contributed by atoms with E-state index in [9.17, 15) is 0 Å². The first kappa shape index (κ1) is 19.2. The Kier molecular flexibility index (Phi) is 6.42. The van der Waals surface area contributed by atoms with Gasteiger partial charge in [-0.15, -0.1) is 0 Å². The average molecular weight is 333 g/mol. The summed E-state index contributed by atoms with van der Waals surface area (Å²) in [5.41, 5.74) is 9.35. The third-order valence-electron chi connectivity index (χ3n) is 5.31. The van der Waals surface area contributed by atoms with Crippen molar-refractivity contribution in [3.63, 3.8) is 0 Å². The molecule has 0 N–H and O–H groups in total. The van der Waals surface area contributed by atoms with E-state index in [0.717, 1.165) is 12.3 Å². The molecule has 0 nitrogen and oxygen atoms in total. The maximum Gasteiger partial charge on any atom is -0.00192 e. The fraction of sp³-hybridized carbons (Fsp3) is 0.360. The lowest BCUT2D eigenvalue weighted by Crippen LogP contribution is -2.02. The molecule has 25 heavy (non-hydrogen) atoms. The van der Waals surface area contributed by atoms with Gasteiger partial charge in [-0.1, -0.05) is 87.0 Å². The van der Waals surface area contributed by atoms with Gasteiger partial charge >= 0.3 is 0 Å². The molecule has 2 aromatic carbocycles. The molecule has 1 saturated carbocycles. The van der Waals surface area contributed by atoms with Crippen molar-refractivity contribution >= 4 is 5.57 Å². The Hall–Kier alpha value is -2.08. The second-order valence-corrected chi connectivity index (χ2v) is 7.31. The standard InChI is InChI=1S/C16H14.C8H14.CH4/c1-11-7-8-15-13(9-11)10-12(2)14-5-3-4-6-16(14)15;1-7(2)8-5-3-4-6-8;/h3-9H,2,10H2,1H3;8H,1,3-6H2,2H3;1H4. The molecular formula is C25H32. The molecule has 0 radical (unpaired) electrons. The highest BCUT2D eigenvalue weighted by atomic mass is 14.2.